The molecule has 1 aromatic heterocycles. The standard InChI is InChI=1S/C12H12BrClN4O/c1-7-4-11(18-15)17-12(16-7)6-19-10-3-2-8(14)5-9(10)13/h2-5H,6,15H2,1H3,(H,16,17,18). The highest BCUT2D eigenvalue weighted by Crippen LogP contribution is 2.28. The minimum Gasteiger partial charge on any atom is -0.484 e. The molecule has 0 radical (unpaired) electrons. The molecular formula is C12H12BrClN4O. The smallest absolute Gasteiger partial charge is 0.168 e. The molecule has 0 saturated carbocycles. The van der Waals surface area contributed by atoms with E-state index in [1.54, 1.807) is 24.3 Å². The Balaban J connectivity index is 2.12. The van der Waals surface area contributed by atoms with E-state index in [2.05, 4.69) is 31.3 Å². The minimum absolute atomic E-state index is 0.247. The maximum absolute atomic E-state index is 5.86. The monoisotopic (exact) mass is 342 g/mol. The molecule has 5 nitrogen and oxygen atoms in total. The van der Waals surface area contributed by atoms with Crippen LogP contribution in [0, 0.1) is 6.92 Å². The number of benzene rings is 1. The molecule has 2 rings (SSSR count). The first kappa shape index (κ1) is 14.0. The molecule has 0 atom stereocenters. The summed E-state index contributed by atoms with van der Waals surface area (Å²) in [5, 5.41) is 0.639. The number of hydrogen-bond acceptors (Lipinski definition) is 5. The van der Waals surface area contributed by atoms with Crippen molar-refractivity contribution in [3.63, 3.8) is 0 Å². The van der Waals surface area contributed by atoms with Gasteiger partial charge in [-0.1, -0.05) is 11.6 Å². The van der Waals surface area contributed by atoms with Gasteiger partial charge in [0.2, 0.25) is 0 Å². The Bertz CT molecular complexity index is 594. The van der Waals surface area contributed by atoms with E-state index in [9.17, 15) is 0 Å². The molecule has 0 spiro atoms. The van der Waals surface area contributed by atoms with E-state index < -0.39 is 0 Å². The first-order chi connectivity index (χ1) is 9.08. The summed E-state index contributed by atoms with van der Waals surface area (Å²) >= 11 is 9.24. The SMILES string of the molecule is Cc1cc(NN)nc(COc2ccc(Cl)cc2Br)n1. The first-order valence-corrected chi connectivity index (χ1v) is 6.64. The Morgan fingerprint density at radius 3 is 2.84 bits per heavy atom. The van der Waals surface area contributed by atoms with Gasteiger partial charge in [-0.3, -0.25) is 0 Å². The molecule has 3 N–H and O–H groups in total. The molecule has 0 fully saturated rings. The molecule has 7 heteroatoms. The summed E-state index contributed by atoms with van der Waals surface area (Å²) in [6.45, 7) is 2.11. The third-order valence-electron chi connectivity index (χ3n) is 2.30. The van der Waals surface area contributed by atoms with E-state index in [1.807, 2.05) is 6.92 Å². The summed E-state index contributed by atoms with van der Waals surface area (Å²) in [5.41, 5.74) is 3.31. The van der Waals surface area contributed by atoms with Crippen molar-refractivity contribution in [1.82, 2.24) is 9.97 Å². The Morgan fingerprint density at radius 1 is 1.37 bits per heavy atom. The van der Waals surface area contributed by atoms with Gasteiger partial charge >= 0.3 is 0 Å². The van der Waals surface area contributed by atoms with E-state index in [1.165, 1.54) is 0 Å². The van der Waals surface area contributed by atoms with E-state index in [0.717, 1.165) is 10.2 Å². The zero-order chi connectivity index (χ0) is 13.8. The number of nitrogens with zero attached hydrogens (tertiary/aromatic N) is 2. The van der Waals surface area contributed by atoms with Gasteiger partial charge in [-0.2, -0.15) is 0 Å². The van der Waals surface area contributed by atoms with Crippen molar-refractivity contribution in [3.8, 4) is 5.75 Å². The molecular weight excluding hydrogens is 332 g/mol. The Labute approximate surface area is 124 Å². The average molecular weight is 344 g/mol. The predicted octanol–water partition coefficient (Wildman–Crippen LogP) is 3.07. The Morgan fingerprint density at radius 2 is 2.16 bits per heavy atom. The van der Waals surface area contributed by atoms with E-state index in [4.69, 9.17) is 22.2 Å². The van der Waals surface area contributed by atoms with Crippen LogP contribution >= 0.6 is 27.5 Å². The highest BCUT2D eigenvalue weighted by atomic mass is 79.9. The van der Waals surface area contributed by atoms with Crippen molar-refractivity contribution in [3.05, 3.63) is 45.3 Å². The fourth-order valence-electron chi connectivity index (χ4n) is 1.50. The highest BCUT2D eigenvalue weighted by Gasteiger charge is 2.05. The Kier molecular flexibility index (Phi) is 4.57. The van der Waals surface area contributed by atoms with Crippen LogP contribution in [0.4, 0.5) is 5.82 Å². The summed E-state index contributed by atoms with van der Waals surface area (Å²) < 4.78 is 6.42. The largest absolute Gasteiger partial charge is 0.484 e. The summed E-state index contributed by atoms with van der Waals surface area (Å²) in [6, 6.07) is 7.05. The third kappa shape index (κ3) is 3.79. The van der Waals surface area contributed by atoms with E-state index >= 15 is 0 Å². The quantitative estimate of drug-likeness (QED) is 0.659. The number of halogens is 2. The lowest BCUT2D eigenvalue weighted by atomic mass is 10.3. The summed E-state index contributed by atoms with van der Waals surface area (Å²) in [4.78, 5) is 8.47. The van der Waals surface area contributed by atoms with Crippen LogP contribution < -0.4 is 16.0 Å². The van der Waals surface area contributed by atoms with Crippen LogP contribution in [-0.2, 0) is 6.61 Å². The number of ether oxygens (including phenoxy) is 1. The lowest BCUT2D eigenvalue weighted by molar-refractivity contribution is 0.294. The van der Waals surface area contributed by atoms with Crippen molar-refractivity contribution in [2.45, 2.75) is 13.5 Å². The predicted molar refractivity (Wildman–Crippen MR) is 78.1 cm³/mol. The van der Waals surface area contributed by atoms with Gasteiger partial charge in [0.25, 0.3) is 0 Å². The number of hydrogen-bond donors (Lipinski definition) is 2. The van der Waals surface area contributed by atoms with Crippen LogP contribution in [0.1, 0.15) is 11.5 Å². The van der Waals surface area contributed by atoms with Crippen LogP contribution in [0.15, 0.2) is 28.7 Å². The van der Waals surface area contributed by atoms with Gasteiger partial charge in [-0.05, 0) is 41.1 Å². The van der Waals surface area contributed by atoms with Crippen molar-refractivity contribution in [2.24, 2.45) is 5.84 Å². The number of nitrogens with two attached hydrogens (primary N) is 1. The number of aromatic nitrogens is 2. The number of anilines is 1. The lowest BCUT2D eigenvalue weighted by Crippen LogP contribution is -2.12. The van der Waals surface area contributed by atoms with Crippen molar-refractivity contribution in [2.75, 3.05) is 5.43 Å². The van der Waals surface area contributed by atoms with Crippen LogP contribution in [0.3, 0.4) is 0 Å². The fourth-order valence-corrected chi connectivity index (χ4v) is 2.30. The second-order valence-electron chi connectivity index (χ2n) is 3.82. The summed E-state index contributed by atoms with van der Waals surface area (Å²) in [5.74, 6) is 7.12. The molecule has 19 heavy (non-hydrogen) atoms. The van der Waals surface area contributed by atoms with E-state index in [-0.39, 0.29) is 6.61 Å². The molecule has 0 aliphatic heterocycles. The molecule has 0 bridgehead atoms. The van der Waals surface area contributed by atoms with Gasteiger partial charge in [0.1, 0.15) is 18.2 Å². The average Bonchev–Trinajstić information content (AvgIpc) is 2.37. The number of aryl methyl sites for hydroxylation is 1. The maximum Gasteiger partial charge on any atom is 0.168 e. The molecule has 0 unspecified atom stereocenters. The van der Waals surface area contributed by atoms with Gasteiger partial charge in [0.05, 0.1) is 4.47 Å². The van der Waals surface area contributed by atoms with Crippen LogP contribution in [0.25, 0.3) is 0 Å². The second-order valence-corrected chi connectivity index (χ2v) is 5.11. The number of rotatable bonds is 4. The normalized spacial score (nSPS) is 10.3. The van der Waals surface area contributed by atoms with Crippen molar-refractivity contribution < 1.29 is 4.74 Å². The fraction of sp³-hybridized carbons (Fsp3) is 0.167. The first-order valence-electron chi connectivity index (χ1n) is 5.47. The minimum atomic E-state index is 0.247. The topological polar surface area (TPSA) is 73.1 Å². The molecule has 0 aliphatic carbocycles. The number of nitrogens with one attached hydrogen (secondary N) is 1. The summed E-state index contributed by atoms with van der Waals surface area (Å²) in [7, 11) is 0. The van der Waals surface area contributed by atoms with E-state index in [0.29, 0.717) is 22.4 Å². The molecule has 0 saturated heterocycles. The lowest BCUT2D eigenvalue weighted by Gasteiger charge is -2.09. The number of hydrazine groups is 1. The Hall–Kier alpha value is -1.37. The van der Waals surface area contributed by atoms with Crippen LogP contribution in [-0.4, -0.2) is 9.97 Å². The van der Waals surface area contributed by atoms with Crippen molar-refractivity contribution >= 4 is 33.3 Å². The number of nitrogen functional groups attached to an aromatic ring is 1. The molecule has 0 amide bonds. The molecule has 0 aliphatic rings. The van der Waals surface area contributed by atoms with Gasteiger partial charge in [-0.25, -0.2) is 15.8 Å². The highest BCUT2D eigenvalue weighted by molar-refractivity contribution is 9.10. The summed E-state index contributed by atoms with van der Waals surface area (Å²) in [6.07, 6.45) is 0. The van der Waals surface area contributed by atoms with Gasteiger partial charge in [-0.15, -0.1) is 0 Å². The second kappa shape index (κ2) is 6.18. The molecule has 1 heterocycles. The van der Waals surface area contributed by atoms with Crippen LogP contribution in [0.5, 0.6) is 5.75 Å². The zero-order valence-electron chi connectivity index (χ0n) is 10.2. The van der Waals surface area contributed by atoms with Gasteiger partial charge in [0, 0.05) is 16.8 Å². The third-order valence-corrected chi connectivity index (χ3v) is 3.15. The zero-order valence-corrected chi connectivity index (χ0v) is 12.5. The molecule has 100 valence electrons. The van der Waals surface area contributed by atoms with Gasteiger partial charge in [0.15, 0.2) is 5.82 Å². The van der Waals surface area contributed by atoms with Crippen molar-refractivity contribution in [1.29, 1.82) is 0 Å². The van der Waals surface area contributed by atoms with Gasteiger partial charge < -0.3 is 10.2 Å². The molecule has 2 aromatic rings. The molecule has 1 aromatic carbocycles. The maximum atomic E-state index is 5.86. The van der Waals surface area contributed by atoms with Crippen LogP contribution in [0.2, 0.25) is 5.02 Å².